The molecule has 1 saturated heterocycles. The standard InChI is InChI=1S/C12H15NO3.ClH/c14-12(11-9-15-7-6-13-11)16-8-10-4-2-1-3-5-10;/h1-5,11,13H,6-9H2;1H. The third kappa shape index (κ3) is 4.34. The Hall–Kier alpha value is -1.10. The van der Waals surface area contributed by atoms with Gasteiger partial charge in [-0.25, -0.2) is 0 Å². The Kier molecular flexibility index (Phi) is 5.97. The summed E-state index contributed by atoms with van der Waals surface area (Å²) in [7, 11) is 0. The Morgan fingerprint density at radius 2 is 2.18 bits per heavy atom. The normalized spacial score (nSPS) is 19.2. The highest BCUT2D eigenvalue weighted by atomic mass is 35.5. The van der Waals surface area contributed by atoms with Gasteiger partial charge in [-0.3, -0.25) is 4.79 Å². The van der Waals surface area contributed by atoms with E-state index in [-0.39, 0.29) is 24.4 Å². The lowest BCUT2D eigenvalue weighted by atomic mass is 10.2. The van der Waals surface area contributed by atoms with Crippen LogP contribution in [0.25, 0.3) is 0 Å². The first-order valence-electron chi connectivity index (χ1n) is 5.38. The molecule has 5 heteroatoms. The zero-order valence-electron chi connectivity index (χ0n) is 9.43. The van der Waals surface area contributed by atoms with E-state index >= 15 is 0 Å². The predicted molar refractivity (Wildman–Crippen MR) is 66.1 cm³/mol. The Labute approximate surface area is 107 Å². The van der Waals surface area contributed by atoms with Crippen LogP contribution in [0.1, 0.15) is 5.56 Å². The third-order valence-electron chi connectivity index (χ3n) is 2.43. The van der Waals surface area contributed by atoms with Gasteiger partial charge in [0.15, 0.2) is 0 Å². The first kappa shape index (κ1) is 14.0. The van der Waals surface area contributed by atoms with Crippen molar-refractivity contribution in [2.45, 2.75) is 12.6 Å². The number of carbonyl (C=O) groups excluding carboxylic acids is 1. The number of carbonyl (C=O) groups is 1. The number of benzene rings is 1. The van der Waals surface area contributed by atoms with Crippen molar-refractivity contribution in [3.63, 3.8) is 0 Å². The Balaban J connectivity index is 0.00000144. The van der Waals surface area contributed by atoms with Gasteiger partial charge < -0.3 is 14.8 Å². The number of hydrogen-bond donors (Lipinski definition) is 1. The van der Waals surface area contributed by atoms with E-state index in [9.17, 15) is 4.79 Å². The molecule has 94 valence electrons. The lowest BCUT2D eigenvalue weighted by Crippen LogP contribution is -2.47. The summed E-state index contributed by atoms with van der Waals surface area (Å²) in [6.07, 6.45) is 0. The molecule has 1 atom stereocenters. The van der Waals surface area contributed by atoms with Gasteiger partial charge in [0.1, 0.15) is 12.6 Å². The molecule has 0 aromatic heterocycles. The highest BCUT2D eigenvalue weighted by Gasteiger charge is 2.22. The Bertz CT molecular complexity index is 339. The maximum atomic E-state index is 11.6. The summed E-state index contributed by atoms with van der Waals surface area (Å²) in [6, 6.07) is 9.31. The van der Waals surface area contributed by atoms with Gasteiger partial charge in [-0.05, 0) is 5.56 Å². The van der Waals surface area contributed by atoms with Gasteiger partial charge in [0.25, 0.3) is 0 Å². The fourth-order valence-electron chi connectivity index (χ4n) is 1.55. The number of hydrogen-bond acceptors (Lipinski definition) is 4. The molecule has 1 aromatic rings. The lowest BCUT2D eigenvalue weighted by Gasteiger charge is -2.22. The van der Waals surface area contributed by atoms with Gasteiger partial charge in [-0.15, -0.1) is 12.4 Å². The molecule has 1 aliphatic rings. The van der Waals surface area contributed by atoms with Crippen LogP contribution in [-0.4, -0.2) is 31.8 Å². The molecule has 0 aliphatic carbocycles. The summed E-state index contributed by atoms with van der Waals surface area (Å²) in [5.74, 6) is -0.247. The van der Waals surface area contributed by atoms with Crippen LogP contribution in [0.5, 0.6) is 0 Å². The van der Waals surface area contributed by atoms with E-state index in [1.165, 1.54) is 0 Å². The van der Waals surface area contributed by atoms with Crippen molar-refractivity contribution in [3.8, 4) is 0 Å². The van der Waals surface area contributed by atoms with E-state index in [2.05, 4.69) is 5.32 Å². The predicted octanol–water partition coefficient (Wildman–Crippen LogP) is 1.14. The summed E-state index contributed by atoms with van der Waals surface area (Å²) in [5, 5.41) is 3.06. The maximum absolute atomic E-state index is 11.6. The molecule has 0 spiro atoms. The second kappa shape index (κ2) is 7.27. The van der Waals surface area contributed by atoms with Crippen LogP contribution < -0.4 is 5.32 Å². The summed E-state index contributed by atoms with van der Waals surface area (Å²) in [6.45, 7) is 2.07. The first-order valence-corrected chi connectivity index (χ1v) is 5.38. The highest BCUT2D eigenvalue weighted by molar-refractivity contribution is 5.85. The van der Waals surface area contributed by atoms with Crippen LogP contribution >= 0.6 is 12.4 Å². The van der Waals surface area contributed by atoms with Crippen molar-refractivity contribution in [2.24, 2.45) is 0 Å². The van der Waals surface area contributed by atoms with Crippen LogP contribution in [-0.2, 0) is 20.9 Å². The molecule has 2 rings (SSSR count). The van der Waals surface area contributed by atoms with Crippen LogP contribution in [0.4, 0.5) is 0 Å². The van der Waals surface area contributed by atoms with E-state index in [0.29, 0.717) is 26.4 Å². The molecule has 0 saturated carbocycles. The summed E-state index contributed by atoms with van der Waals surface area (Å²) >= 11 is 0. The minimum absolute atomic E-state index is 0. The second-order valence-electron chi connectivity index (χ2n) is 3.67. The van der Waals surface area contributed by atoms with Crippen molar-refractivity contribution >= 4 is 18.4 Å². The van der Waals surface area contributed by atoms with E-state index < -0.39 is 0 Å². The van der Waals surface area contributed by atoms with Crippen molar-refractivity contribution < 1.29 is 14.3 Å². The number of esters is 1. The second-order valence-corrected chi connectivity index (χ2v) is 3.67. The SMILES string of the molecule is Cl.O=C(OCc1ccccc1)C1COCCN1. The summed E-state index contributed by atoms with van der Waals surface area (Å²) in [4.78, 5) is 11.6. The smallest absolute Gasteiger partial charge is 0.325 e. The van der Waals surface area contributed by atoms with Crippen LogP contribution in [0.3, 0.4) is 0 Å². The fourth-order valence-corrected chi connectivity index (χ4v) is 1.55. The number of halogens is 1. The van der Waals surface area contributed by atoms with Gasteiger partial charge >= 0.3 is 5.97 Å². The van der Waals surface area contributed by atoms with Crippen molar-refractivity contribution in [3.05, 3.63) is 35.9 Å². The quantitative estimate of drug-likeness (QED) is 0.825. The average molecular weight is 258 g/mol. The molecule has 0 bridgehead atoms. The first-order chi connectivity index (χ1) is 7.86. The van der Waals surface area contributed by atoms with Crippen molar-refractivity contribution in [1.29, 1.82) is 0 Å². The molecule has 1 N–H and O–H groups in total. The molecular weight excluding hydrogens is 242 g/mol. The molecule has 1 unspecified atom stereocenters. The largest absolute Gasteiger partial charge is 0.460 e. The number of ether oxygens (including phenoxy) is 2. The number of nitrogens with one attached hydrogen (secondary N) is 1. The number of rotatable bonds is 3. The zero-order chi connectivity index (χ0) is 11.2. The Morgan fingerprint density at radius 3 is 2.82 bits per heavy atom. The maximum Gasteiger partial charge on any atom is 0.325 e. The van der Waals surface area contributed by atoms with E-state index in [1.807, 2.05) is 30.3 Å². The number of morpholine rings is 1. The van der Waals surface area contributed by atoms with Crippen molar-refractivity contribution in [2.75, 3.05) is 19.8 Å². The minimum atomic E-state index is -0.322. The molecule has 0 amide bonds. The molecule has 1 aromatic carbocycles. The molecule has 17 heavy (non-hydrogen) atoms. The van der Waals surface area contributed by atoms with Gasteiger partial charge in [-0.2, -0.15) is 0 Å². The molecular formula is C12H16ClNO3. The van der Waals surface area contributed by atoms with Gasteiger partial charge in [-0.1, -0.05) is 30.3 Å². The minimum Gasteiger partial charge on any atom is -0.460 e. The highest BCUT2D eigenvalue weighted by Crippen LogP contribution is 2.03. The monoisotopic (exact) mass is 257 g/mol. The Morgan fingerprint density at radius 1 is 1.41 bits per heavy atom. The average Bonchev–Trinajstić information content (AvgIpc) is 2.38. The fraction of sp³-hybridized carbons (Fsp3) is 0.417. The third-order valence-corrected chi connectivity index (χ3v) is 2.43. The summed E-state index contributed by atoms with van der Waals surface area (Å²) < 4.78 is 10.4. The van der Waals surface area contributed by atoms with Gasteiger partial charge in [0.05, 0.1) is 13.2 Å². The van der Waals surface area contributed by atoms with E-state index in [0.717, 1.165) is 5.56 Å². The summed E-state index contributed by atoms with van der Waals surface area (Å²) in [5.41, 5.74) is 0.993. The molecule has 1 heterocycles. The van der Waals surface area contributed by atoms with Crippen LogP contribution in [0.2, 0.25) is 0 Å². The molecule has 0 radical (unpaired) electrons. The van der Waals surface area contributed by atoms with Crippen LogP contribution in [0.15, 0.2) is 30.3 Å². The van der Waals surface area contributed by atoms with Crippen LogP contribution in [0, 0.1) is 0 Å². The molecule has 1 fully saturated rings. The lowest BCUT2D eigenvalue weighted by molar-refractivity contribution is -0.150. The van der Waals surface area contributed by atoms with Gasteiger partial charge in [0.2, 0.25) is 0 Å². The van der Waals surface area contributed by atoms with Gasteiger partial charge in [0, 0.05) is 6.54 Å². The molecule has 4 nitrogen and oxygen atoms in total. The zero-order valence-corrected chi connectivity index (χ0v) is 10.2. The van der Waals surface area contributed by atoms with E-state index in [1.54, 1.807) is 0 Å². The molecule has 1 aliphatic heterocycles. The van der Waals surface area contributed by atoms with Crippen molar-refractivity contribution in [1.82, 2.24) is 5.32 Å². The van der Waals surface area contributed by atoms with E-state index in [4.69, 9.17) is 9.47 Å². The topological polar surface area (TPSA) is 47.6 Å².